The van der Waals surface area contributed by atoms with Gasteiger partial charge in [-0.2, -0.15) is 0 Å². The van der Waals surface area contributed by atoms with Gasteiger partial charge < -0.3 is 14.6 Å². The zero-order valence-corrected chi connectivity index (χ0v) is 18.2. The Morgan fingerprint density at radius 3 is 2.42 bits per heavy atom. The van der Waals surface area contributed by atoms with Gasteiger partial charge in [0.1, 0.15) is 23.3 Å². The van der Waals surface area contributed by atoms with Crippen molar-refractivity contribution in [3.05, 3.63) is 81.0 Å². The number of carbonyl (C=O) groups is 2. The van der Waals surface area contributed by atoms with Crippen molar-refractivity contribution < 1.29 is 24.2 Å². The molecule has 8 heteroatoms. The molecule has 1 amide bonds. The number of anilines is 1. The van der Waals surface area contributed by atoms with Crippen molar-refractivity contribution in [2.75, 3.05) is 19.1 Å². The zero-order chi connectivity index (χ0) is 22.1. The second-order valence-electron chi connectivity index (χ2n) is 6.73. The summed E-state index contributed by atoms with van der Waals surface area (Å²) in [6, 6.07) is 14.4. The first-order chi connectivity index (χ1) is 15.0. The lowest BCUT2D eigenvalue weighted by Gasteiger charge is -2.24. The van der Waals surface area contributed by atoms with Crippen LogP contribution >= 0.6 is 22.9 Å². The highest BCUT2D eigenvalue weighted by molar-refractivity contribution is 7.10. The molecule has 1 N–H and O–H groups in total. The van der Waals surface area contributed by atoms with Gasteiger partial charge in [-0.1, -0.05) is 17.7 Å². The Morgan fingerprint density at radius 1 is 1.06 bits per heavy atom. The highest BCUT2D eigenvalue weighted by Crippen LogP contribution is 2.45. The molecule has 158 valence electrons. The molecule has 1 saturated heterocycles. The summed E-state index contributed by atoms with van der Waals surface area (Å²) in [6.07, 6.45) is 0. The van der Waals surface area contributed by atoms with Gasteiger partial charge in [-0.25, -0.2) is 0 Å². The SMILES string of the molecule is COc1ccc(N2C(=O)C(=O)/C(=C(\O)c3cc(Cl)ccc3OC)C2c2cccs2)cc1. The van der Waals surface area contributed by atoms with Crippen molar-refractivity contribution in [2.24, 2.45) is 0 Å². The number of hydrogen-bond acceptors (Lipinski definition) is 6. The van der Waals surface area contributed by atoms with Crippen LogP contribution in [0, 0.1) is 0 Å². The molecule has 0 spiro atoms. The van der Waals surface area contributed by atoms with Crippen LogP contribution in [0.5, 0.6) is 11.5 Å². The van der Waals surface area contributed by atoms with E-state index in [4.69, 9.17) is 21.1 Å². The van der Waals surface area contributed by atoms with Crippen molar-refractivity contribution in [3.63, 3.8) is 0 Å². The average molecular weight is 456 g/mol. The van der Waals surface area contributed by atoms with E-state index in [2.05, 4.69) is 0 Å². The lowest BCUT2D eigenvalue weighted by Crippen LogP contribution is -2.29. The number of aliphatic hydroxyl groups excluding tert-OH is 1. The third kappa shape index (κ3) is 3.66. The lowest BCUT2D eigenvalue weighted by atomic mass is 9.99. The molecule has 1 atom stereocenters. The van der Waals surface area contributed by atoms with Crippen LogP contribution in [0.25, 0.3) is 5.76 Å². The van der Waals surface area contributed by atoms with Gasteiger partial charge in [0.2, 0.25) is 0 Å². The summed E-state index contributed by atoms with van der Waals surface area (Å²) < 4.78 is 10.5. The van der Waals surface area contributed by atoms with Crippen molar-refractivity contribution in [1.82, 2.24) is 0 Å². The van der Waals surface area contributed by atoms with Crippen LogP contribution in [-0.4, -0.2) is 31.0 Å². The number of halogens is 1. The minimum absolute atomic E-state index is 0.0242. The predicted molar refractivity (Wildman–Crippen MR) is 120 cm³/mol. The molecule has 2 aromatic carbocycles. The number of ketones is 1. The van der Waals surface area contributed by atoms with E-state index in [1.165, 1.54) is 29.4 Å². The van der Waals surface area contributed by atoms with E-state index in [1.807, 2.05) is 17.5 Å². The van der Waals surface area contributed by atoms with Gasteiger partial charge in [0, 0.05) is 15.6 Å². The van der Waals surface area contributed by atoms with E-state index < -0.39 is 17.7 Å². The Kier molecular flexibility index (Phi) is 5.71. The molecule has 2 heterocycles. The highest BCUT2D eigenvalue weighted by atomic mass is 35.5. The van der Waals surface area contributed by atoms with Gasteiger partial charge in [-0.05, 0) is 53.9 Å². The molecular weight excluding hydrogens is 438 g/mol. The van der Waals surface area contributed by atoms with E-state index >= 15 is 0 Å². The number of amides is 1. The Labute approximate surface area is 187 Å². The quantitative estimate of drug-likeness (QED) is 0.331. The Hall–Kier alpha value is -3.29. The molecule has 0 aliphatic carbocycles. The van der Waals surface area contributed by atoms with Crippen LogP contribution in [0.1, 0.15) is 16.5 Å². The molecule has 6 nitrogen and oxygen atoms in total. The normalized spacial score (nSPS) is 17.8. The standard InChI is InChI=1S/C23H18ClNO5S/c1-29-15-8-6-14(7-9-15)25-20(18-4-3-11-31-18)19(22(27)23(25)28)21(26)16-12-13(24)5-10-17(16)30-2/h3-12,20,26H,1-2H3/b21-19-. The fraction of sp³-hybridized carbons (Fsp3) is 0.130. The number of benzene rings is 2. The van der Waals surface area contributed by atoms with Gasteiger partial charge in [0.05, 0.1) is 25.4 Å². The van der Waals surface area contributed by atoms with Crippen molar-refractivity contribution in [2.45, 2.75) is 6.04 Å². The van der Waals surface area contributed by atoms with Crippen LogP contribution in [-0.2, 0) is 9.59 Å². The Morgan fingerprint density at radius 2 is 1.81 bits per heavy atom. The molecule has 1 aliphatic heterocycles. The maximum Gasteiger partial charge on any atom is 0.300 e. The van der Waals surface area contributed by atoms with E-state index in [9.17, 15) is 14.7 Å². The van der Waals surface area contributed by atoms with Crippen molar-refractivity contribution in [3.8, 4) is 11.5 Å². The second-order valence-corrected chi connectivity index (χ2v) is 8.14. The van der Waals surface area contributed by atoms with Gasteiger partial charge in [-0.3, -0.25) is 14.5 Å². The van der Waals surface area contributed by atoms with Gasteiger partial charge >= 0.3 is 0 Å². The summed E-state index contributed by atoms with van der Waals surface area (Å²) in [7, 11) is 3.00. The smallest absolute Gasteiger partial charge is 0.300 e. The number of thiophene rings is 1. The maximum absolute atomic E-state index is 13.1. The zero-order valence-electron chi connectivity index (χ0n) is 16.7. The predicted octanol–water partition coefficient (Wildman–Crippen LogP) is 5.05. The largest absolute Gasteiger partial charge is 0.507 e. The molecule has 0 bridgehead atoms. The fourth-order valence-electron chi connectivity index (χ4n) is 3.57. The Bertz CT molecular complexity index is 1170. The molecule has 31 heavy (non-hydrogen) atoms. The summed E-state index contributed by atoms with van der Waals surface area (Å²) in [6.45, 7) is 0. The molecule has 0 radical (unpaired) electrons. The maximum atomic E-state index is 13.1. The molecule has 1 aromatic heterocycles. The van der Waals surface area contributed by atoms with Gasteiger partial charge in [0.15, 0.2) is 0 Å². The number of rotatable bonds is 5. The number of methoxy groups -OCH3 is 2. The van der Waals surface area contributed by atoms with Crippen molar-refractivity contribution >= 4 is 46.1 Å². The van der Waals surface area contributed by atoms with Crippen LogP contribution in [0.15, 0.2) is 65.6 Å². The summed E-state index contributed by atoms with van der Waals surface area (Å²) >= 11 is 7.50. The average Bonchev–Trinajstić information content (AvgIpc) is 3.40. The number of hydrogen-bond donors (Lipinski definition) is 1. The van der Waals surface area contributed by atoms with E-state index in [-0.39, 0.29) is 16.9 Å². The lowest BCUT2D eigenvalue weighted by molar-refractivity contribution is -0.132. The molecule has 1 fully saturated rings. The fourth-order valence-corrected chi connectivity index (χ4v) is 4.56. The summed E-state index contributed by atoms with van der Waals surface area (Å²) in [5, 5.41) is 13.4. The summed E-state index contributed by atoms with van der Waals surface area (Å²) in [5.74, 6) is -0.897. The topological polar surface area (TPSA) is 76.1 Å². The number of ether oxygens (including phenoxy) is 2. The van der Waals surface area contributed by atoms with Gasteiger partial charge in [-0.15, -0.1) is 11.3 Å². The molecule has 1 unspecified atom stereocenters. The molecule has 3 aromatic rings. The number of carbonyl (C=O) groups excluding carboxylic acids is 2. The molecule has 1 aliphatic rings. The Balaban J connectivity index is 1.93. The monoisotopic (exact) mass is 455 g/mol. The minimum atomic E-state index is -0.794. The summed E-state index contributed by atoms with van der Waals surface area (Å²) in [4.78, 5) is 28.3. The van der Waals surface area contributed by atoms with Crippen LogP contribution in [0.4, 0.5) is 5.69 Å². The van der Waals surface area contributed by atoms with E-state index in [0.29, 0.717) is 22.2 Å². The second kappa shape index (κ2) is 8.45. The number of Topliss-reactive ketones (excluding diaryl/α,β-unsaturated/α-hetero) is 1. The number of aliphatic hydroxyl groups is 1. The van der Waals surface area contributed by atoms with Crippen LogP contribution < -0.4 is 14.4 Å². The minimum Gasteiger partial charge on any atom is -0.507 e. The van der Waals surface area contributed by atoms with Crippen LogP contribution in [0.3, 0.4) is 0 Å². The third-order valence-electron chi connectivity index (χ3n) is 5.02. The summed E-state index contributed by atoms with van der Waals surface area (Å²) in [5.41, 5.74) is 0.728. The van der Waals surface area contributed by atoms with Gasteiger partial charge in [0.25, 0.3) is 11.7 Å². The highest BCUT2D eigenvalue weighted by Gasteiger charge is 2.47. The molecular formula is C23H18ClNO5S. The van der Waals surface area contributed by atoms with Crippen LogP contribution in [0.2, 0.25) is 5.02 Å². The van der Waals surface area contributed by atoms with Crippen molar-refractivity contribution in [1.29, 1.82) is 0 Å². The first kappa shape index (κ1) is 21.0. The van der Waals surface area contributed by atoms with E-state index in [1.54, 1.807) is 43.5 Å². The first-order valence-electron chi connectivity index (χ1n) is 9.28. The molecule has 0 saturated carbocycles. The molecule has 4 rings (SSSR count). The number of nitrogens with zero attached hydrogens (tertiary/aromatic N) is 1. The first-order valence-corrected chi connectivity index (χ1v) is 10.5. The third-order valence-corrected chi connectivity index (χ3v) is 6.18. The van der Waals surface area contributed by atoms with E-state index in [0.717, 1.165) is 4.88 Å².